The predicted molar refractivity (Wildman–Crippen MR) is 123 cm³/mol. The van der Waals surface area contributed by atoms with Crippen molar-refractivity contribution in [2.24, 2.45) is 16.0 Å². The Morgan fingerprint density at radius 2 is 1.90 bits per heavy atom. The highest BCUT2D eigenvalue weighted by atomic mass is 32.2. The number of likely N-dealkylation sites (N-methyl/N-ethyl adjacent to an activating group) is 1. The van der Waals surface area contributed by atoms with Crippen molar-refractivity contribution in [3.05, 3.63) is 41.4 Å². The number of rotatable bonds is 3. The molecule has 0 unspecified atom stereocenters. The van der Waals surface area contributed by atoms with Gasteiger partial charge in [-0.3, -0.25) is 5.41 Å². The van der Waals surface area contributed by atoms with Crippen molar-refractivity contribution in [2.75, 3.05) is 26.7 Å². The second-order valence-corrected chi connectivity index (χ2v) is 10.1. The van der Waals surface area contributed by atoms with Crippen LogP contribution in [0.25, 0.3) is 0 Å². The van der Waals surface area contributed by atoms with Crippen LogP contribution < -0.4 is 5.43 Å². The molecule has 1 aromatic carbocycles. The number of hydrogen-bond donors (Lipinski definition) is 2. The Labute approximate surface area is 182 Å². The minimum Gasteiger partial charge on any atom is -0.404 e. The Morgan fingerprint density at radius 1 is 1.20 bits per heavy atom. The van der Waals surface area contributed by atoms with Crippen molar-refractivity contribution < 1.29 is 4.74 Å². The fourth-order valence-electron chi connectivity index (χ4n) is 3.69. The number of piperidine rings is 1. The van der Waals surface area contributed by atoms with Crippen LogP contribution in [0.15, 0.2) is 50.8 Å². The van der Waals surface area contributed by atoms with E-state index in [0.717, 1.165) is 43.1 Å². The number of likely N-dealkylation sites (tertiary alicyclic amines) is 1. The summed E-state index contributed by atoms with van der Waals surface area (Å²) in [6, 6.07) is 9.07. The molecule has 30 heavy (non-hydrogen) atoms. The van der Waals surface area contributed by atoms with Gasteiger partial charge >= 0.3 is 6.02 Å². The Hall–Kier alpha value is -2.48. The van der Waals surface area contributed by atoms with Crippen LogP contribution in [0.1, 0.15) is 39.2 Å². The molecule has 3 heterocycles. The lowest BCUT2D eigenvalue weighted by molar-refractivity contribution is 0.233. The second-order valence-electron chi connectivity index (χ2n) is 8.41. The maximum atomic E-state index is 8.49. The van der Waals surface area contributed by atoms with Gasteiger partial charge in [-0.15, -0.1) is 16.9 Å². The molecule has 1 fully saturated rings. The molecule has 160 valence electrons. The third-order valence-corrected chi connectivity index (χ3v) is 6.53. The van der Waals surface area contributed by atoms with Gasteiger partial charge in [-0.05, 0) is 36.5 Å². The molecule has 0 aromatic heterocycles. The maximum Gasteiger partial charge on any atom is 0.316 e. The summed E-state index contributed by atoms with van der Waals surface area (Å²) in [6.45, 7) is 9.14. The van der Waals surface area contributed by atoms with Gasteiger partial charge in [-0.2, -0.15) is 0 Å². The maximum absolute atomic E-state index is 8.49. The quantitative estimate of drug-likeness (QED) is 0.721. The lowest BCUT2D eigenvalue weighted by Gasteiger charge is -2.30. The standard InChI is InChI=1S/C22H30N6OS/c1-14(2)30-17-7-5-16(6-8-17)18-13-27(4)20(23)19(24-18)21-25-26-22(29-21)28-11-9-15(3)10-12-28/h5-8,14-15,23,25H,9-13H2,1-4H3. The highest BCUT2D eigenvalue weighted by Crippen LogP contribution is 2.25. The fourth-order valence-corrected chi connectivity index (χ4v) is 4.53. The Balaban J connectivity index is 1.54. The molecule has 0 amide bonds. The topological polar surface area (TPSA) is 76.3 Å². The summed E-state index contributed by atoms with van der Waals surface area (Å²) in [4.78, 5) is 10.1. The van der Waals surface area contributed by atoms with Crippen LogP contribution in [0, 0.1) is 11.3 Å². The van der Waals surface area contributed by atoms with Crippen molar-refractivity contribution >= 4 is 29.3 Å². The zero-order chi connectivity index (χ0) is 21.3. The second kappa shape index (κ2) is 8.71. The average Bonchev–Trinajstić information content (AvgIpc) is 3.20. The van der Waals surface area contributed by atoms with Gasteiger partial charge in [0.2, 0.25) is 5.88 Å². The smallest absolute Gasteiger partial charge is 0.316 e. The molecule has 3 aliphatic heterocycles. The van der Waals surface area contributed by atoms with E-state index in [1.54, 1.807) is 0 Å². The van der Waals surface area contributed by atoms with Crippen LogP contribution in [0.3, 0.4) is 0 Å². The minimum atomic E-state index is 0.331. The SMILES string of the molecule is CC1CCN(C2=NNC(=C3N=C(c4ccc(SC(C)C)cc4)CN(C)C3=N)O2)CC1. The molecule has 0 aliphatic carbocycles. The van der Waals surface area contributed by atoms with Crippen LogP contribution in [0.2, 0.25) is 0 Å². The summed E-state index contributed by atoms with van der Waals surface area (Å²) in [7, 11) is 1.91. The minimum absolute atomic E-state index is 0.331. The summed E-state index contributed by atoms with van der Waals surface area (Å²) in [5, 5.41) is 13.4. The number of nitrogens with zero attached hydrogens (tertiary/aromatic N) is 4. The molecular weight excluding hydrogens is 396 g/mol. The van der Waals surface area contributed by atoms with Crippen molar-refractivity contribution in [3.8, 4) is 0 Å². The molecule has 7 nitrogen and oxygen atoms in total. The van der Waals surface area contributed by atoms with Gasteiger partial charge < -0.3 is 14.5 Å². The number of thioether (sulfide) groups is 1. The number of aliphatic imine (C=N–C) groups is 1. The van der Waals surface area contributed by atoms with Gasteiger partial charge in [0, 0.05) is 30.3 Å². The Bertz CT molecular complexity index is 897. The van der Waals surface area contributed by atoms with Crippen molar-refractivity contribution in [1.82, 2.24) is 15.2 Å². The molecule has 2 N–H and O–H groups in total. The number of hydrogen-bond acceptors (Lipinski definition) is 7. The van der Waals surface area contributed by atoms with E-state index in [4.69, 9.17) is 15.1 Å². The number of benzene rings is 1. The molecule has 0 spiro atoms. The fraction of sp³-hybridized carbons (Fsp3) is 0.500. The van der Waals surface area contributed by atoms with E-state index in [1.807, 2.05) is 23.7 Å². The van der Waals surface area contributed by atoms with E-state index in [1.165, 1.54) is 4.90 Å². The van der Waals surface area contributed by atoms with E-state index in [-0.39, 0.29) is 0 Å². The number of ether oxygens (including phenoxy) is 1. The lowest BCUT2D eigenvalue weighted by atomic mass is 10.00. The van der Waals surface area contributed by atoms with Gasteiger partial charge in [0.1, 0.15) is 0 Å². The number of nitrogens with one attached hydrogen (secondary N) is 2. The predicted octanol–water partition coefficient (Wildman–Crippen LogP) is 3.69. The number of amidine groups is 2. The third-order valence-electron chi connectivity index (χ3n) is 5.51. The van der Waals surface area contributed by atoms with Crippen LogP contribution in [-0.2, 0) is 4.74 Å². The van der Waals surface area contributed by atoms with Crippen molar-refractivity contribution in [1.29, 1.82) is 5.41 Å². The van der Waals surface area contributed by atoms with Crippen LogP contribution in [-0.4, -0.2) is 59.3 Å². The summed E-state index contributed by atoms with van der Waals surface area (Å²) in [6.07, 6.45) is 2.28. The zero-order valence-corrected chi connectivity index (χ0v) is 18.9. The van der Waals surface area contributed by atoms with E-state index < -0.39 is 0 Å². The van der Waals surface area contributed by atoms with E-state index in [2.05, 4.69) is 60.5 Å². The molecule has 0 bridgehead atoms. The first-order chi connectivity index (χ1) is 14.4. The Kier molecular flexibility index (Phi) is 6.04. The first-order valence-corrected chi connectivity index (χ1v) is 11.4. The summed E-state index contributed by atoms with van der Waals surface area (Å²) >= 11 is 1.85. The lowest BCUT2D eigenvalue weighted by Crippen LogP contribution is -2.39. The highest BCUT2D eigenvalue weighted by Gasteiger charge is 2.30. The largest absolute Gasteiger partial charge is 0.404 e. The normalized spacial score (nSPS) is 22.8. The van der Waals surface area contributed by atoms with Gasteiger partial charge in [0.25, 0.3) is 0 Å². The van der Waals surface area contributed by atoms with Crippen LogP contribution in [0.5, 0.6) is 0 Å². The first kappa shape index (κ1) is 20.8. The van der Waals surface area contributed by atoms with Gasteiger partial charge in [-0.1, -0.05) is 32.9 Å². The molecular formula is C22H30N6OS. The zero-order valence-electron chi connectivity index (χ0n) is 18.1. The van der Waals surface area contributed by atoms with E-state index in [0.29, 0.717) is 35.2 Å². The molecule has 1 saturated heterocycles. The first-order valence-electron chi connectivity index (χ1n) is 10.6. The van der Waals surface area contributed by atoms with Gasteiger partial charge in [0.05, 0.1) is 12.3 Å². The molecule has 0 atom stereocenters. The number of hydrazone groups is 1. The summed E-state index contributed by atoms with van der Waals surface area (Å²) < 4.78 is 6.01. The average molecular weight is 427 g/mol. The van der Waals surface area contributed by atoms with E-state index >= 15 is 0 Å². The van der Waals surface area contributed by atoms with Crippen LogP contribution in [0.4, 0.5) is 0 Å². The molecule has 0 radical (unpaired) electrons. The van der Waals surface area contributed by atoms with Crippen molar-refractivity contribution in [3.63, 3.8) is 0 Å². The van der Waals surface area contributed by atoms with E-state index in [9.17, 15) is 0 Å². The molecule has 3 aliphatic rings. The summed E-state index contributed by atoms with van der Waals surface area (Å²) in [5.41, 5.74) is 5.43. The molecule has 1 aromatic rings. The van der Waals surface area contributed by atoms with Crippen LogP contribution >= 0.6 is 11.8 Å². The molecule has 0 saturated carbocycles. The highest BCUT2D eigenvalue weighted by molar-refractivity contribution is 7.99. The molecule has 4 rings (SSSR count). The van der Waals surface area contributed by atoms with Crippen molar-refractivity contribution in [2.45, 2.75) is 43.8 Å². The third kappa shape index (κ3) is 4.48. The van der Waals surface area contributed by atoms with Gasteiger partial charge in [0.15, 0.2) is 11.5 Å². The monoisotopic (exact) mass is 426 g/mol. The summed E-state index contributed by atoms with van der Waals surface area (Å²) in [5.74, 6) is 1.51. The molecule has 8 heteroatoms. The van der Waals surface area contributed by atoms with Gasteiger partial charge in [-0.25, -0.2) is 10.4 Å². The Morgan fingerprint density at radius 3 is 2.57 bits per heavy atom.